The number of carbonyl (C=O) groups excluding carboxylic acids is 1. The molecule has 3 aromatic rings. The Kier molecular flexibility index (Phi) is 4.17. The van der Waals surface area contributed by atoms with Crippen LogP contribution in [0.5, 0.6) is 0 Å². The van der Waals surface area contributed by atoms with E-state index in [0.717, 1.165) is 11.1 Å². The smallest absolute Gasteiger partial charge is 0.308 e. The Morgan fingerprint density at radius 2 is 1.96 bits per heavy atom. The van der Waals surface area contributed by atoms with Crippen molar-refractivity contribution in [2.24, 2.45) is 7.05 Å². The van der Waals surface area contributed by atoms with E-state index in [-0.39, 0.29) is 11.5 Å². The molecule has 1 aromatic carbocycles. The van der Waals surface area contributed by atoms with E-state index in [2.05, 4.69) is 38.7 Å². The number of aromatic amines is 1. The molecule has 2 aromatic heterocycles. The fourth-order valence-corrected chi connectivity index (χ4v) is 2.41. The van der Waals surface area contributed by atoms with Crippen LogP contribution in [-0.4, -0.2) is 25.6 Å². The second-order valence-corrected chi connectivity index (χ2v) is 5.24. The summed E-state index contributed by atoms with van der Waals surface area (Å²) < 4.78 is 1.34. The highest BCUT2D eigenvalue weighted by atomic mass is 16.2. The number of anilines is 2. The second kappa shape index (κ2) is 6.44. The Hall–Kier alpha value is -3.68. The third kappa shape index (κ3) is 3.05. The molecule has 0 aliphatic rings. The number of hydrogen-bond acceptors (Lipinski definition) is 4. The normalized spacial score (nSPS) is 10.4. The summed E-state index contributed by atoms with van der Waals surface area (Å²) in [7, 11) is 1.58. The summed E-state index contributed by atoms with van der Waals surface area (Å²) in [5.41, 5.74) is 2.78. The average Bonchev–Trinajstić information content (AvgIpc) is 2.90. The van der Waals surface area contributed by atoms with E-state index in [9.17, 15) is 9.59 Å². The van der Waals surface area contributed by atoms with Crippen LogP contribution < -0.4 is 16.3 Å². The summed E-state index contributed by atoms with van der Waals surface area (Å²) in [5.74, 6) is 0.215. The molecule has 0 saturated heterocycles. The molecule has 126 valence electrons. The molecule has 0 unspecified atom stereocenters. The zero-order valence-corrected chi connectivity index (χ0v) is 13.5. The summed E-state index contributed by atoms with van der Waals surface area (Å²) in [6.45, 7) is 7.47. The summed E-state index contributed by atoms with van der Waals surface area (Å²) in [6.07, 6.45) is 4.67. The van der Waals surface area contributed by atoms with Crippen LogP contribution in [0.15, 0.2) is 42.5 Å². The van der Waals surface area contributed by atoms with Gasteiger partial charge in [0.25, 0.3) is 0 Å². The average molecular weight is 336 g/mol. The van der Waals surface area contributed by atoms with Gasteiger partial charge in [-0.1, -0.05) is 31.4 Å². The molecule has 25 heavy (non-hydrogen) atoms. The van der Waals surface area contributed by atoms with Crippen molar-refractivity contribution in [3.63, 3.8) is 0 Å². The number of nitrogens with one attached hydrogen (secondary N) is 3. The first kappa shape index (κ1) is 16.2. The Bertz CT molecular complexity index is 1050. The molecule has 2 amide bonds. The molecule has 3 rings (SSSR count). The molecule has 0 spiro atoms. The highest BCUT2D eigenvalue weighted by molar-refractivity contribution is 6.03. The van der Waals surface area contributed by atoms with Crippen LogP contribution in [-0.2, 0) is 7.05 Å². The van der Waals surface area contributed by atoms with E-state index in [1.165, 1.54) is 10.9 Å². The van der Waals surface area contributed by atoms with Crippen molar-refractivity contribution >= 4 is 40.9 Å². The molecule has 2 heterocycles. The molecule has 0 atom stereocenters. The van der Waals surface area contributed by atoms with Crippen LogP contribution in [0.3, 0.4) is 0 Å². The molecule has 0 aliphatic carbocycles. The standard InChI is InChI=1S/C17H16N6O2/c1-4-10-6-7-12(8-11(10)5-2)20-16(24)22-14-13-15(19-9-18-14)23(3)17(25)21-13/h4-9H,1-2H2,3H3,(H,21,25)(H2,18,19,20,22,24). The third-order valence-corrected chi connectivity index (χ3v) is 3.70. The maximum Gasteiger partial charge on any atom is 0.327 e. The summed E-state index contributed by atoms with van der Waals surface area (Å²) in [5, 5.41) is 5.32. The van der Waals surface area contributed by atoms with Gasteiger partial charge in [0.15, 0.2) is 11.5 Å². The molecular formula is C17H16N6O2. The maximum absolute atomic E-state index is 12.2. The molecule has 3 N–H and O–H groups in total. The molecule has 0 fully saturated rings. The summed E-state index contributed by atoms with van der Waals surface area (Å²) in [4.78, 5) is 34.6. The number of urea groups is 1. The van der Waals surface area contributed by atoms with Gasteiger partial charge in [-0.3, -0.25) is 9.88 Å². The van der Waals surface area contributed by atoms with Crippen LogP contribution in [0.2, 0.25) is 0 Å². The van der Waals surface area contributed by atoms with E-state index in [1.807, 2.05) is 6.07 Å². The first-order valence-corrected chi connectivity index (χ1v) is 7.40. The number of carbonyl (C=O) groups is 1. The third-order valence-electron chi connectivity index (χ3n) is 3.70. The topological polar surface area (TPSA) is 105 Å². The van der Waals surface area contributed by atoms with Crippen molar-refractivity contribution in [3.05, 3.63) is 59.3 Å². The number of nitrogens with zero attached hydrogens (tertiary/aromatic N) is 3. The van der Waals surface area contributed by atoms with E-state index >= 15 is 0 Å². The SMILES string of the molecule is C=Cc1ccc(NC(=O)Nc2ncnc3c2[nH]c(=O)n3C)cc1C=C. The lowest BCUT2D eigenvalue weighted by Crippen LogP contribution is -2.20. The highest BCUT2D eigenvalue weighted by Gasteiger charge is 2.13. The predicted octanol–water partition coefficient (Wildman–Crippen LogP) is 2.59. The van der Waals surface area contributed by atoms with Crippen LogP contribution >= 0.6 is 0 Å². The molecular weight excluding hydrogens is 320 g/mol. The zero-order valence-electron chi connectivity index (χ0n) is 13.5. The van der Waals surface area contributed by atoms with Gasteiger partial charge in [0.2, 0.25) is 0 Å². The Morgan fingerprint density at radius 3 is 2.68 bits per heavy atom. The van der Waals surface area contributed by atoms with Crippen LogP contribution in [0, 0.1) is 0 Å². The van der Waals surface area contributed by atoms with Crippen LogP contribution in [0.4, 0.5) is 16.3 Å². The minimum Gasteiger partial charge on any atom is -0.308 e. The van der Waals surface area contributed by atoms with Gasteiger partial charge in [-0.05, 0) is 23.3 Å². The summed E-state index contributed by atoms with van der Waals surface area (Å²) in [6, 6.07) is 4.87. The van der Waals surface area contributed by atoms with Gasteiger partial charge in [0, 0.05) is 12.7 Å². The van der Waals surface area contributed by atoms with Gasteiger partial charge in [0.1, 0.15) is 11.8 Å². The van der Waals surface area contributed by atoms with Crippen molar-refractivity contribution in [1.82, 2.24) is 19.5 Å². The lowest BCUT2D eigenvalue weighted by atomic mass is 10.1. The number of fused-ring (bicyclic) bond motifs is 1. The first-order valence-electron chi connectivity index (χ1n) is 7.40. The van der Waals surface area contributed by atoms with Gasteiger partial charge in [-0.25, -0.2) is 19.6 Å². The number of rotatable bonds is 4. The van der Waals surface area contributed by atoms with E-state index < -0.39 is 6.03 Å². The second-order valence-electron chi connectivity index (χ2n) is 5.24. The summed E-state index contributed by atoms with van der Waals surface area (Å²) >= 11 is 0. The molecule has 8 nitrogen and oxygen atoms in total. The Labute approximate surface area is 142 Å². The monoisotopic (exact) mass is 336 g/mol. The number of amides is 2. The number of H-pyrrole nitrogens is 1. The number of imidazole rings is 1. The van der Waals surface area contributed by atoms with Crippen molar-refractivity contribution < 1.29 is 4.79 Å². The van der Waals surface area contributed by atoms with E-state index in [4.69, 9.17) is 0 Å². The maximum atomic E-state index is 12.2. The van der Waals surface area contributed by atoms with Crippen LogP contribution in [0.25, 0.3) is 23.3 Å². The van der Waals surface area contributed by atoms with Crippen molar-refractivity contribution in [2.75, 3.05) is 10.6 Å². The van der Waals surface area contributed by atoms with Gasteiger partial charge in [-0.15, -0.1) is 0 Å². The van der Waals surface area contributed by atoms with Crippen molar-refractivity contribution in [2.45, 2.75) is 0 Å². The Morgan fingerprint density at radius 1 is 1.20 bits per heavy atom. The van der Waals surface area contributed by atoms with Crippen molar-refractivity contribution in [3.8, 4) is 0 Å². The molecule has 0 aliphatic heterocycles. The van der Waals surface area contributed by atoms with Crippen LogP contribution in [0.1, 0.15) is 11.1 Å². The lowest BCUT2D eigenvalue weighted by Gasteiger charge is -2.09. The minimum atomic E-state index is -0.494. The number of hydrogen-bond donors (Lipinski definition) is 3. The number of benzene rings is 1. The number of aromatic nitrogens is 4. The minimum absolute atomic E-state index is 0.215. The predicted molar refractivity (Wildman–Crippen MR) is 98.4 cm³/mol. The number of aryl methyl sites for hydroxylation is 1. The molecule has 0 radical (unpaired) electrons. The van der Waals surface area contributed by atoms with E-state index in [0.29, 0.717) is 16.9 Å². The van der Waals surface area contributed by atoms with Gasteiger partial charge in [-0.2, -0.15) is 0 Å². The van der Waals surface area contributed by atoms with Gasteiger partial charge in [0.05, 0.1) is 0 Å². The molecule has 0 bridgehead atoms. The van der Waals surface area contributed by atoms with Gasteiger partial charge < -0.3 is 10.3 Å². The van der Waals surface area contributed by atoms with Gasteiger partial charge >= 0.3 is 11.7 Å². The molecule has 8 heteroatoms. The fourth-order valence-electron chi connectivity index (χ4n) is 2.41. The van der Waals surface area contributed by atoms with E-state index in [1.54, 1.807) is 31.3 Å². The largest absolute Gasteiger partial charge is 0.327 e. The van der Waals surface area contributed by atoms with Crippen molar-refractivity contribution in [1.29, 1.82) is 0 Å². The zero-order chi connectivity index (χ0) is 18.0. The quantitative estimate of drug-likeness (QED) is 0.681. The highest BCUT2D eigenvalue weighted by Crippen LogP contribution is 2.19. The lowest BCUT2D eigenvalue weighted by molar-refractivity contribution is 0.262. The molecule has 0 saturated carbocycles. The first-order chi connectivity index (χ1) is 12.0. The Balaban J connectivity index is 1.84. The fraction of sp³-hybridized carbons (Fsp3) is 0.0588.